The Morgan fingerprint density at radius 2 is 1.67 bits per heavy atom. The number of hydrogen-bond acceptors (Lipinski definition) is 0. The molecule has 0 bridgehead atoms. The summed E-state index contributed by atoms with van der Waals surface area (Å²) in [6.45, 7) is 18.3. The molecule has 1 atom stereocenters. The van der Waals surface area contributed by atoms with Gasteiger partial charge in [0.1, 0.15) is 0 Å². The summed E-state index contributed by atoms with van der Waals surface area (Å²) in [5.74, 6) is 3.87. The molecule has 0 nitrogen and oxygen atoms in total. The summed E-state index contributed by atoms with van der Waals surface area (Å²) in [6.07, 6.45) is 10.7. The van der Waals surface area contributed by atoms with Crippen LogP contribution >= 0.6 is 0 Å². The average Bonchev–Trinajstić information content (AvgIpc) is 2.29. The van der Waals surface area contributed by atoms with Crippen molar-refractivity contribution in [3.05, 3.63) is 35.6 Å². The zero-order valence-electron chi connectivity index (χ0n) is 15.5. The van der Waals surface area contributed by atoms with Crippen LogP contribution in [-0.2, 0) is 32.7 Å². The van der Waals surface area contributed by atoms with Crippen molar-refractivity contribution in [3.8, 4) is 0 Å². The Morgan fingerprint density at radius 3 is 2.05 bits per heavy atom. The van der Waals surface area contributed by atoms with Crippen LogP contribution in [0.25, 0.3) is 0 Å². The zero-order valence-corrected chi connectivity index (χ0v) is 18.3. The van der Waals surface area contributed by atoms with Gasteiger partial charge in [-0.1, -0.05) is 57.9 Å². The minimum absolute atomic E-state index is 0. The monoisotopic (exact) mass is 363 g/mol. The maximum absolute atomic E-state index is 2.36. The van der Waals surface area contributed by atoms with Gasteiger partial charge < -0.3 is 5.92 Å². The van der Waals surface area contributed by atoms with E-state index < -0.39 is 0 Å². The van der Waals surface area contributed by atoms with Gasteiger partial charge in [0, 0.05) is 0 Å². The van der Waals surface area contributed by atoms with E-state index in [9.17, 15) is 0 Å². The minimum Gasteiger partial charge on any atom is -0.312 e. The summed E-state index contributed by atoms with van der Waals surface area (Å²) in [5, 5.41) is 0. The molecule has 0 saturated carbocycles. The third-order valence-electron chi connectivity index (χ3n) is 5.20. The molecule has 1 unspecified atom stereocenters. The first-order valence-electron chi connectivity index (χ1n) is 8.04. The molecule has 0 aromatic heterocycles. The Bertz CT molecular complexity index is 373. The second-order valence-corrected chi connectivity index (χ2v) is 8.27. The zero-order chi connectivity index (χ0) is 15.6. The van der Waals surface area contributed by atoms with Crippen molar-refractivity contribution in [2.45, 2.75) is 74.7 Å². The summed E-state index contributed by atoms with van der Waals surface area (Å²) in [6, 6.07) is 0. The maximum atomic E-state index is 2.36. The van der Waals surface area contributed by atoms with E-state index in [-0.39, 0.29) is 32.7 Å². The van der Waals surface area contributed by atoms with Gasteiger partial charge in [-0.05, 0) is 12.3 Å². The molecule has 0 saturated heterocycles. The molecule has 21 heavy (non-hydrogen) atoms. The number of hydrogen-bond donors (Lipinski definition) is 0. The Balaban J connectivity index is 0.000000364. The summed E-state index contributed by atoms with van der Waals surface area (Å²) in [5.41, 5.74) is 2.47. The molecule has 0 amide bonds. The van der Waals surface area contributed by atoms with Gasteiger partial charge in [0.25, 0.3) is 0 Å². The van der Waals surface area contributed by atoms with Crippen LogP contribution in [0.1, 0.15) is 74.7 Å². The first-order chi connectivity index (χ1) is 9.04. The Morgan fingerprint density at radius 1 is 1.10 bits per heavy atom. The van der Waals surface area contributed by atoms with E-state index >= 15 is 0 Å². The Hall–Kier alpha value is 0.454. The summed E-state index contributed by atoms with van der Waals surface area (Å²) < 4.78 is 0. The first-order valence-corrected chi connectivity index (χ1v) is 8.04. The van der Waals surface area contributed by atoms with Crippen molar-refractivity contribution in [2.75, 3.05) is 0 Å². The van der Waals surface area contributed by atoms with E-state index in [0.717, 1.165) is 5.92 Å². The molecular weight excluding hydrogens is 329 g/mol. The molecule has 1 heteroatoms. The first kappa shape index (κ1) is 21.5. The van der Waals surface area contributed by atoms with Crippen LogP contribution in [0.5, 0.6) is 0 Å². The molecule has 0 N–H and O–H groups in total. The number of allylic oxidation sites excluding steroid dienone is 4. The molecule has 2 aliphatic rings. The second-order valence-electron chi connectivity index (χ2n) is 8.27. The van der Waals surface area contributed by atoms with Crippen molar-refractivity contribution in [1.82, 2.24) is 0 Å². The van der Waals surface area contributed by atoms with E-state index in [4.69, 9.17) is 0 Å². The van der Waals surface area contributed by atoms with Crippen LogP contribution < -0.4 is 0 Å². The molecule has 0 radical (unpaired) electrons. The van der Waals surface area contributed by atoms with Crippen molar-refractivity contribution in [3.63, 3.8) is 0 Å². The van der Waals surface area contributed by atoms with E-state index in [1.807, 2.05) is 0 Å². The predicted octanol–water partition coefficient (Wildman–Crippen LogP) is 6.55. The standard InChI is InChI=1S/2C10H17.Y/c2*1-8-5-6-9(2)10(3,4)7-8;/h6H,5,7H2,1-4H3;5-6,9H,7H2,1-4H3;/q2*-1;+3. The molecule has 0 fully saturated rings. The summed E-state index contributed by atoms with van der Waals surface area (Å²) in [4.78, 5) is 0. The van der Waals surface area contributed by atoms with E-state index in [0.29, 0.717) is 10.8 Å². The molecule has 2 aliphatic carbocycles. The van der Waals surface area contributed by atoms with E-state index in [1.165, 1.54) is 25.2 Å². The van der Waals surface area contributed by atoms with Crippen molar-refractivity contribution in [1.29, 1.82) is 0 Å². The van der Waals surface area contributed by atoms with E-state index in [1.54, 1.807) is 11.5 Å². The maximum Gasteiger partial charge on any atom is 3.00 e. The largest absolute Gasteiger partial charge is 3.00 e. The van der Waals surface area contributed by atoms with Gasteiger partial charge in [-0.2, -0.15) is 19.8 Å². The molecule has 0 aromatic rings. The van der Waals surface area contributed by atoms with Gasteiger partial charge in [-0.25, -0.2) is 18.1 Å². The smallest absolute Gasteiger partial charge is 0.312 e. The van der Waals surface area contributed by atoms with Gasteiger partial charge in [0.2, 0.25) is 0 Å². The van der Waals surface area contributed by atoms with Gasteiger partial charge in [-0.3, -0.25) is 0 Å². The second kappa shape index (κ2) is 8.35. The summed E-state index contributed by atoms with van der Waals surface area (Å²) >= 11 is 0. The quantitative estimate of drug-likeness (QED) is 0.338. The van der Waals surface area contributed by atoms with Crippen LogP contribution in [0, 0.1) is 28.6 Å². The van der Waals surface area contributed by atoms with Crippen LogP contribution in [-0.4, -0.2) is 0 Å². The molecule has 116 valence electrons. The van der Waals surface area contributed by atoms with Gasteiger partial charge in [0.15, 0.2) is 0 Å². The topological polar surface area (TPSA) is 0 Å². The molecule has 0 aliphatic heterocycles. The third-order valence-corrected chi connectivity index (χ3v) is 5.20. The molecular formula is C20H34Y+. The number of rotatable bonds is 0. The normalized spacial score (nSPS) is 27.1. The van der Waals surface area contributed by atoms with Gasteiger partial charge in [-0.15, -0.1) is 13.0 Å². The summed E-state index contributed by atoms with van der Waals surface area (Å²) in [7, 11) is 0. The van der Waals surface area contributed by atoms with Crippen LogP contribution in [0.3, 0.4) is 0 Å². The molecule has 0 aromatic carbocycles. The predicted molar refractivity (Wildman–Crippen MR) is 91.3 cm³/mol. The average molecular weight is 363 g/mol. The van der Waals surface area contributed by atoms with Gasteiger partial charge >= 0.3 is 32.7 Å². The molecule has 2 rings (SSSR count). The third kappa shape index (κ3) is 6.61. The fourth-order valence-corrected chi connectivity index (χ4v) is 3.08. The fraction of sp³-hybridized carbons (Fsp3) is 0.700. The van der Waals surface area contributed by atoms with E-state index in [2.05, 4.69) is 73.6 Å². The van der Waals surface area contributed by atoms with Crippen LogP contribution in [0.4, 0.5) is 0 Å². The Labute approximate surface area is 159 Å². The van der Waals surface area contributed by atoms with Crippen molar-refractivity contribution >= 4 is 0 Å². The minimum atomic E-state index is 0. The van der Waals surface area contributed by atoms with Crippen molar-refractivity contribution < 1.29 is 32.7 Å². The molecule has 0 heterocycles. The van der Waals surface area contributed by atoms with Gasteiger partial charge in [0.05, 0.1) is 0 Å². The fourth-order valence-electron chi connectivity index (χ4n) is 3.08. The van der Waals surface area contributed by atoms with Crippen LogP contribution in [0.2, 0.25) is 0 Å². The molecule has 0 spiro atoms. The van der Waals surface area contributed by atoms with Crippen LogP contribution in [0.15, 0.2) is 23.8 Å². The SMILES string of the molecule is CC1=CC[C-](C)CC1(C)C.C[C-]1C=CC(C)C(C)(C)C1.[Y+3]. The van der Waals surface area contributed by atoms with Crippen molar-refractivity contribution in [2.24, 2.45) is 16.7 Å². The Kier molecular flexibility index (Phi) is 8.53.